The first kappa shape index (κ1) is 75.8. The third kappa shape index (κ3) is 21.6. The summed E-state index contributed by atoms with van der Waals surface area (Å²) < 4.78 is 268. The second-order valence-electron chi connectivity index (χ2n) is 18.6. The lowest BCUT2D eigenvalue weighted by Gasteiger charge is -2.51. The quantitative estimate of drug-likeness (QED) is 0.00777. The van der Waals surface area contributed by atoms with Crippen LogP contribution >= 0.6 is 24.6 Å². The van der Waals surface area contributed by atoms with Gasteiger partial charge in [0.15, 0.2) is 76.4 Å². The molecule has 0 aliphatic carbocycles. The van der Waals surface area contributed by atoms with Crippen LogP contribution in [0.4, 0.5) is 0 Å². The zero-order valence-electron chi connectivity index (χ0n) is 43.7. The van der Waals surface area contributed by atoms with Crippen LogP contribution in [0.3, 0.4) is 0 Å². The number of carbonyl (C=O) groups is 2. The van der Waals surface area contributed by atoms with Crippen LogP contribution in [0.2, 0.25) is 0 Å². The van der Waals surface area contributed by atoms with Crippen molar-refractivity contribution in [1.82, 2.24) is 14.8 Å². The molecule has 5 heterocycles. The van der Waals surface area contributed by atoms with Crippen molar-refractivity contribution in [3.05, 3.63) is 0 Å². The van der Waals surface area contributed by atoms with Crippen molar-refractivity contribution < 1.29 is 198 Å². The van der Waals surface area contributed by atoms with Crippen molar-refractivity contribution in [2.45, 2.75) is 162 Å². The molecule has 5 rings (SSSR count). The molecule has 5 fully saturated rings. The molecule has 0 bridgehead atoms. The van der Waals surface area contributed by atoms with Crippen LogP contribution in [0.25, 0.3) is 0 Å². The van der Waals surface area contributed by atoms with Crippen LogP contribution in [0.15, 0.2) is 0 Å². The van der Waals surface area contributed by atoms with Crippen LogP contribution in [-0.4, -0.2) is 280 Å². The Balaban J connectivity index is 1.56. The normalized spacial score (nSPS) is 39.3. The minimum Gasteiger partial charge on any atom is -0.774 e. The molecule has 0 saturated carbocycles. The van der Waals surface area contributed by atoms with E-state index in [1.807, 2.05) is 0 Å². The number of aliphatic hydroxyl groups is 5. The number of amides is 1. The Bertz CT molecular complexity index is 2830. The molecule has 5 aliphatic rings. The molecule has 9 N–H and O–H groups in total. The Kier molecular flexibility index (Phi) is 27.7. The molecule has 0 radical (unpaired) electrons. The molecule has 46 nitrogen and oxygen atoms in total. The lowest BCUT2D eigenvalue weighted by molar-refractivity contribution is -0.777. The third-order valence-electron chi connectivity index (χ3n) is 13.1. The molecule has 25 unspecified atom stereocenters. The molecule has 25 atom stereocenters. The number of carboxylic acids is 1. The summed E-state index contributed by atoms with van der Waals surface area (Å²) in [7, 11) is -27.6. The molecule has 510 valence electrons. The Morgan fingerprint density at radius 1 is 0.529 bits per heavy atom. The molecule has 0 aromatic heterocycles. The van der Waals surface area contributed by atoms with E-state index >= 15 is 0 Å². The van der Waals surface area contributed by atoms with E-state index < -0.39 is 261 Å². The number of carbonyl (C=O) groups excluding carboxylic acids is 1. The summed E-state index contributed by atoms with van der Waals surface area (Å²) in [4.78, 5) is 31.4. The number of aliphatic carboxylic acids is 1. The van der Waals surface area contributed by atoms with Crippen LogP contribution in [-0.2, 0) is 144 Å². The standard InChI is InChI=1S/C34H59N3O43S7/c1-8-11(5-63-85(54,55)56)67-31(9(2)16(8)38)71-24-18(40)19(41)33(73-27(24)29(43)35-4)70-22-13(7-65-87(60,61)62)68-32(15(37-84(51,52)53)23(22)76-82-79-77-46)72-25-20(42)26(75-78-80-81-47)34(74-28(25)30(44)45)69-21-12(6-64-86(57,58)59)66-10(3)14(17(21)39)36-83(48,49)50/h8-28,31-34,36-42,46-47H,5-7H2,1-4H3,(H,35,43)(H,44,45)(H,48,49,50)(H,51,52,53)(H,54,55,56)(H,57,58,59)(H,60,61,62)/p-7. The molecule has 0 aromatic carbocycles. The summed E-state index contributed by atoms with van der Waals surface area (Å²) in [5.41, 5.74) is 0. The molecular weight excluding hydrogens is 1360 g/mol. The van der Waals surface area contributed by atoms with Crippen molar-refractivity contribution in [1.29, 1.82) is 0 Å². The summed E-state index contributed by atoms with van der Waals surface area (Å²) >= 11 is -1.50. The van der Waals surface area contributed by atoms with Gasteiger partial charge in [0.25, 0.3) is 5.91 Å². The molecule has 5 aliphatic heterocycles. The Morgan fingerprint density at radius 3 is 1.55 bits per heavy atom. The maximum atomic E-state index is 13.5. The maximum Gasteiger partial charge on any atom is 0.335 e. The van der Waals surface area contributed by atoms with E-state index in [0.29, 0.717) is 0 Å². The summed E-state index contributed by atoms with van der Waals surface area (Å²) in [6, 6.07) is -4.86. The van der Waals surface area contributed by atoms with Crippen LogP contribution in [0.5, 0.6) is 0 Å². The van der Waals surface area contributed by atoms with E-state index in [2.05, 4.69) is 36.6 Å². The third-order valence-corrected chi connectivity index (χ3v) is 16.0. The summed E-state index contributed by atoms with van der Waals surface area (Å²) in [6.07, 6.45) is -50.2. The first-order valence-electron chi connectivity index (χ1n) is 23.8. The summed E-state index contributed by atoms with van der Waals surface area (Å²) in [6.45, 7) is -0.528. The van der Waals surface area contributed by atoms with Crippen molar-refractivity contribution in [3.63, 3.8) is 0 Å². The SMILES string of the molecule is CNC(=O)C1OC(OC2C(COS(=O)(=O)[O-])OC(OC3C(C(=O)O)OC(OC4C(COS(=O)(=O)[O-])OC(C)C(NS(=O)(=O)[O-])C4O)C(OOOS[O-])C3O)C(NS(=O)(=O)[O-])C2OSOO[O-])C(O)C(O)C1OC1OC(COS(=O)(=O)[O-])C(C)C(O)C1C. The summed E-state index contributed by atoms with van der Waals surface area (Å²) in [5, 5.41) is 88.3. The molecule has 53 heteroatoms. The number of ether oxygens (including phenoxy) is 9. The number of rotatable bonds is 31. The average molecular weight is 1420 g/mol. The Hall–Kier alpha value is -1.89. The molecule has 0 aromatic rings. The minimum absolute atomic E-state index is 0.615. The lowest BCUT2D eigenvalue weighted by Crippen LogP contribution is -2.71. The number of likely N-dealkylation sites (N-methyl/N-ethyl adjacent to an activating group) is 1. The van der Waals surface area contributed by atoms with Gasteiger partial charge in [-0.3, -0.25) is 26.6 Å². The zero-order valence-corrected chi connectivity index (χ0v) is 49.4. The number of carboxylic acid groups (broad SMARTS) is 1. The minimum atomic E-state index is -6.08. The van der Waals surface area contributed by atoms with Gasteiger partial charge in [-0.15, -0.1) is 8.67 Å². The number of nitrogens with one attached hydrogen (secondary N) is 3. The predicted molar refractivity (Wildman–Crippen MR) is 249 cm³/mol. The first-order chi connectivity index (χ1) is 40.2. The average Bonchev–Trinajstić information content (AvgIpc) is 0.893. The van der Waals surface area contributed by atoms with E-state index in [4.69, 9.17) is 51.7 Å². The monoisotopic (exact) mass is 1410 g/mol. The number of hydrogen-bond acceptors (Lipinski definition) is 44. The largest absolute Gasteiger partial charge is 0.774 e. The van der Waals surface area contributed by atoms with E-state index in [1.54, 1.807) is 0 Å². The highest BCUT2D eigenvalue weighted by molar-refractivity contribution is 7.89. The van der Waals surface area contributed by atoms with E-state index in [9.17, 15) is 115 Å². The number of hydrogen-bond donors (Lipinski definition) is 9. The van der Waals surface area contributed by atoms with Gasteiger partial charge < -0.3 is 111 Å². The number of aliphatic hydroxyl groups excluding tert-OH is 5. The Labute approximate surface area is 499 Å². The van der Waals surface area contributed by atoms with Gasteiger partial charge in [-0.2, -0.15) is 4.89 Å². The van der Waals surface area contributed by atoms with Crippen LogP contribution in [0, 0.1) is 11.8 Å². The fourth-order valence-electron chi connectivity index (χ4n) is 9.19. The van der Waals surface area contributed by atoms with Gasteiger partial charge >= 0.3 is 5.97 Å². The van der Waals surface area contributed by atoms with Gasteiger partial charge in [0.2, 0.25) is 31.2 Å². The fraction of sp³-hybridized carbons (Fsp3) is 0.941. The highest BCUT2D eigenvalue weighted by Gasteiger charge is 2.60. The van der Waals surface area contributed by atoms with Gasteiger partial charge in [0.05, 0.1) is 44.2 Å². The zero-order chi connectivity index (χ0) is 65.5. The van der Waals surface area contributed by atoms with Gasteiger partial charge in [-0.1, -0.05) is 31.2 Å². The predicted octanol–water partition coefficient (Wildman–Crippen LogP) is -11.4. The van der Waals surface area contributed by atoms with Crippen molar-refractivity contribution in [2.24, 2.45) is 11.8 Å². The van der Waals surface area contributed by atoms with E-state index in [0.717, 1.165) is 14.0 Å². The van der Waals surface area contributed by atoms with Gasteiger partial charge in [0.1, 0.15) is 73.2 Å². The first-order valence-corrected chi connectivity index (χ1v) is 31.9. The van der Waals surface area contributed by atoms with Gasteiger partial charge in [-0.05, 0) is 6.92 Å². The highest BCUT2D eigenvalue weighted by atomic mass is 32.3. The molecule has 87 heavy (non-hydrogen) atoms. The highest BCUT2D eigenvalue weighted by Crippen LogP contribution is 2.40. The van der Waals surface area contributed by atoms with Gasteiger partial charge in [0, 0.05) is 18.9 Å². The van der Waals surface area contributed by atoms with Crippen molar-refractivity contribution in [3.8, 4) is 0 Å². The van der Waals surface area contributed by atoms with Crippen LogP contribution in [0.1, 0.15) is 20.8 Å². The fourth-order valence-corrected chi connectivity index (χ4v) is 11.8. The second kappa shape index (κ2) is 31.8. The lowest BCUT2D eigenvalue weighted by atomic mass is 9.86. The van der Waals surface area contributed by atoms with Crippen molar-refractivity contribution >= 4 is 88.3 Å². The summed E-state index contributed by atoms with van der Waals surface area (Å²) in [5.74, 6) is -5.71. The molecule has 1 amide bonds. The van der Waals surface area contributed by atoms with E-state index in [-0.39, 0.29) is 0 Å². The smallest absolute Gasteiger partial charge is 0.335 e. The van der Waals surface area contributed by atoms with Gasteiger partial charge in [-0.25, -0.2) is 56.3 Å². The molecule has 5 saturated heterocycles. The second-order valence-corrected chi connectivity index (χ2v) is 24.8. The topological polar surface area (TPSA) is 690 Å². The molecule has 0 spiro atoms. The maximum absolute atomic E-state index is 13.5. The molecular formula is C34H52N3O43S7-7. The van der Waals surface area contributed by atoms with E-state index in [1.165, 1.54) is 23.3 Å². The van der Waals surface area contributed by atoms with Crippen molar-refractivity contribution in [2.75, 3.05) is 26.9 Å². The van der Waals surface area contributed by atoms with Crippen LogP contribution < -0.4 is 20.0 Å². The Morgan fingerprint density at radius 2 is 1.02 bits per heavy atom.